The van der Waals surface area contributed by atoms with E-state index in [0.717, 1.165) is 54.5 Å². The fourth-order valence-corrected chi connectivity index (χ4v) is 6.32. The molecule has 1 aliphatic heterocycles. The van der Waals surface area contributed by atoms with Gasteiger partial charge in [0.2, 0.25) is 11.8 Å². The number of nitrogens with one attached hydrogen (secondary N) is 2. The molecule has 0 unspecified atom stereocenters. The van der Waals surface area contributed by atoms with E-state index in [0.29, 0.717) is 42.1 Å². The summed E-state index contributed by atoms with van der Waals surface area (Å²) < 4.78 is 18.0. The molecule has 1 saturated carbocycles. The summed E-state index contributed by atoms with van der Waals surface area (Å²) >= 11 is 0. The standard InChI is InChI=1S/C32H38FN5O4/c1-20-14-15-38(42)21(2)29(20)24-10-12-27(26(33)18-24)34-32(41)30(23-8-6-4-5-7-9-23)35-31(40)28-13-11-25-19-36(22(3)39)16-17-37(25)28/h10-15,18,23,30H,4-9,16-17,19H2,1-3H3,(H,34,41)(H,35,40)/t30-/m0/s1. The van der Waals surface area contributed by atoms with Crippen LogP contribution in [0.3, 0.4) is 0 Å². The molecule has 1 fully saturated rings. The topological polar surface area (TPSA) is 110 Å². The lowest BCUT2D eigenvalue weighted by molar-refractivity contribution is -0.611. The molecule has 1 aliphatic carbocycles. The summed E-state index contributed by atoms with van der Waals surface area (Å²) in [5.41, 5.74) is 3.82. The minimum absolute atomic E-state index is 0.0121. The molecule has 2 N–H and O–H groups in total. The van der Waals surface area contributed by atoms with E-state index >= 15 is 4.39 Å². The summed E-state index contributed by atoms with van der Waals surface area (Å²) in [6, 6.07) is 8.92. The van der Waals surface area contributed by atoms with E-state index in [1.54, 1.807) is 30.0 Å². The minimum atomic E-state index is -0.837. The number of hydrogen-bond donors (Lipinski definition) is 2. The second kappa shape index (κ2) is 12.3. The maximum absolute atomic E-state index is 15.4. The van der Waals surface area contributed by atoms with E-state index in [1.165, 1.54) is 25.3 Å². The van der Waals surface area contributed by atoms with Gasteiger partial charge in [0.15, 0.2) is 11.9 Å². The Labute approximate surface area is 245 Å². The maximum Gasteiger partial charge on any atom is 0.268 e. The van der Waals surface area contributed by atoms with Crippen LogP contribution in [0.2, 0.25) is 0 Å². The predicted octanol–water partition coefficient (Wildman–Crippen LogP) is 4.61. The average Bonchev–Trinajstić information content (AvgIpc) is 3.20. The molecule has 5 rings (SSSR count). The Hall–Kier alpha value is -4.21. The molecular weight excluding hydrogens is 537 g/mol. The van der Waals surface area contributed by atoms with Crippen LogP contribution in [0.25, 0.3) is 11.1 Å². The summed E-state index contributed by atoms with van der Waals surface area (Å²) in [5, 5.41) is 17.8. The molecule has 1 atom stereocenters. The van der Waals surface area contributed by atoms with Gasteiger partial charge in [0.1, 0.15) is 17.6 Å². The number of pyridine rings is 1. The molecule has 0 saturated heterocycles. The highest BCUT2D eigenvalue weighted by molar-refractivity contribution is 6.01. The summed E-state index contributed by atoms with van der Waals surface area (Å²) in [7, 11) is 0. The highest BCUT2D eigenvalue weighted by Gasteiger charge is 2.33. The van der Waals surface area contributed by atoms with E-state index in [1.807, 2.05) is 17.6 Å². The van der Waals surface area contributed by atoms with Crippen LogP contribution in [0.5, 0.6) is 0 Å². The van der Waals surface area contributed by atoms with Crippen LogP contribution in [0.15, 0.2) is 42.6 Å². The van der Waals surface area contributed by atoms with Gasteiger partial charge in [0.25, 0.3) is 5.91 Å². The number of rotatable bonds is 6. The third kappa shape index (κ3) is 6.03. The molecule has 10 heteroatoms. The van der Waals surface area contributed by atoms with E-state index in [4.69, 9.17) is 0 Å². The lowest BCUT2D eigenvalue weighted by atomic mass is 9.90. The van der Waals surface area contributed by atoms with Gasteiger partial charge in [-0.2, -0.15) is 4.73 Å². The van der Waals surface area contributed by atoms with Crippen molar-refractivity contribution in [2.45, 2.75) is 78.4 Å². The van der Waals surface area contributed by atoms with Crippen molar-refractivity contribution < 1.29 is 23.5 Å². The molecular formula is C32H38FN5O4. The number of carbonyl (C=O) groups is 3. The first-order valence-corrected chi connectivity index (χ1v) is 14.7. The highest BCUT2D eigenvalue weighted by Crippen LogP contribution is 2.30. The van der Waals surface area contributed by atoms with Crippen LogP contribution in [0.4, 0.5) is 10.1 Å². The van der Waals surface area contributed by atoms with Crippen LogP contribution < -0.4 is 15.4 Å². The molecule has 42 heavy (non-hydrogen) atoms. The van der Waals surface area contributed by atoms with Crippen molar-refractivity contribution >= 4 is 23.4 Å². The third-order valence-electron chi connectivity index (χ3n) is 8.70. The first kappa shape index (κ1) is 29.3. The molecule has 1 aromatic carbocycles. The molecule has 3 heterocycles. The zero-order valence-electron chi connectivity index (χ0n) is 24.4. The Bertz CT molecular complexity index is 1510. The zero-order chi connectivity index (χ0) is 30.0. The molecule has 0 spiro atoms. The fraction of sp³-hybridized carbons (Fsp3) is 0.438. The number of carbonyl (C=O) groups excluding carboxylic acids is 3. The van der Waals surface area contributed by atoms with Crippen molar-refractivity contribution in [2.75, 3.05) is 11.9 Å². The first-order valence-electron chi connectivity index (χ1n) is 14.7. The predicted molar refractivity (Wildman–Crippen MR) is 157 cm³/mol. The van der Waals surface area contributed by atoms with Crippen molar-refractivity contribution in [1.82, 2.24) is 14.8 Å². The summed E-state index contributed by atoms with van der Waals surface area (Å²) in [6.07, 6.45) is 7.09. The normalized spacial score (nSPS) is 16.3. The molecule has 222 valence electrons. The number of halogens is 1. The summed E-state index contributed by atoms with van der Waals surface area (Å²) in [4.78, 5) is 40.8. The van der Waals surface area contributed by atoms with Gasteiger partial charge >= 0.3 is 0 Å². The van der Waals surface area contributed by atoms with Crippen molar-refractivity contribution in [1.29, 1.82) is 0 Å². The molecule has 3 aromatic rings. The second-order valence-electron chi connectivity index (χ2n) is 11.5. The number of aryl methyl sites for hydroxylation is 1. The molecule has 2 aromatic heterocycles. The van der Waals surface area contributed by atoms with Crippen LogP contribution in [0, 0.1) is 30.8 Å². The number of anilines is 1. The van der Waals surface area contributed by atoms with Gasteiger partial charge in [0.05, 0.1) is 17.8 Å². The van der Waals surface area contributed by atoms with Crippen molar-refractivity contribution in [3.05, 3.63) is 76.3 Å². The molecule has 0 radical (unpaired) electrons. The summed E-state index contributed by atoms with van der Waals surface area (Å²) in [5.74, 6) is -1.53. The lowest BCUT2D eigenvalue weighted by Gasteiger charge is -2.29. The minimum Gasteiger partial charge on any atom is -0.618 e. The Morgan fingerprint density at radius 2 is 1.76 bits per heavy atom. The number of amides is 3. The quantitative estimate of drug-likeness (QED) is 0.254. The van der Waals surface area contributed by atoms with E-state index < -0.39 is 17.8 Å². The summed E-state index contributed by atoms with van der Waals surface area (Å²) in [6.45, 7) is 6.51. The van der Waals surface area contributed by atoms with E-state index in [9.17, 15) is 19.6 Å². The zero-order valence-corrected chi connectivity index (χ0v) is 24.4. The van der Waals surface area contributed by atoms with Gasteiger partial charge in [-0.15, -0.1) is 0 Å². The van der Waals surface area contributed by atoms with Gasteiger partial charge in [-0.25, -0.2) is 4.39 Å². The van der Waals surface area contributed by atoms with Gasteiger partial charge in [-0.3, -0.25) is 14.4 Å². The van der Waals surface area contributed by atoms with Crippen LogP contribution in [-0.4, -0.2) is 39.8 Å². The first-order chi connectivity index (χ1) is 20.1. The molecule has 0 bridgehead atoms. The van der Waals surface area contributed by atoms with E-state index in [-0.39, 0.29) is 23.4 Å². The maximum atomic E-state index is 15.4. The van der Waals surface area contributed by atoms with Crippen LogP contribution in [0.1, 0.15) is 72.9 Å². The Balaban J connectivity index is 1.37. The molecule has 2 aliphatic rings. The number of fused-ring (bicyclic) bond motifs is 1. The SMILES string of the molecule is CC(=O)N1CCn2c(ccc2C(=O)N[C@H](C(=O)Nc2ccc(-c3c(C)cc[n+]([O-])c3C)cc2F)C2CCCCCC2)C1. The van der Waals surface area contributed by atoms with Crippen molar-refractivity contribution in [3.63, 3.8) is 0 Å². The van der Waals surface area contributed by atoms with Crippen LogP contribution in [-0.2, 0) is 22.7 Å². The smallest absolute Gasteiger partial charge is 0.268 e. The van der Waals surface area contributed by atoms with Gasteiger partial charge in [-0.05, 0) is 61.1 Å². The number of hydrogen-bond acceptors (Lipinski definition) is 4. The Kier molecular flexibility index (Phi) is 8.61. The largest absolute Gasteiger partial charge is 0.618 e. The number of aromatic nitrogens is 2. The van der Waals surface area contributed by atoms with Crippen molar-refractivity contribution in [3.8, 4) is 11.1 Å². The Morgan fingerprint density at radius 3 is 2.45 bits per heavy atom. The van der Waals surface area contributed by atoms with Gasteiger partial charge in [0, 0.05) is 38.7 Å². The molecule has 3 amide bonds. The number of benzene rings is 1. The van der Waals surface area contributed by atoms with Crippen LogP contribution >= 0.6 is 0 Å². The van der Waals surface area contributed by atoms with Gasteiger partial charge < -0.3 is 25.3 Å². The average molecular weight is 576 g/mol. The van der Waals surface area contributed by atoms with Crippen molar-refractivity contribution in [2.24, 2.45) is 5.92 Å². The molecule has 9 nitrogen and oxygen atoms in total. The third-order valence-corrected chi connectivity index (χ3v) is 8.70. The van der Waals surface area contributed by atoms with Gasteiger partial charge in [-0.1, -0.05) is 31.7 Å². The van der Waals surface area contributed by atoms with E-state index in [2.05, 4.69) is 10.6 Å². The highest BCUT2D eigenvalue weighted by atomic mass is 19.1. The fourth-order valence-electron chi connectivity index (χ4n) is 6.32. The number of nitrogens with zero attached hydrogens (tertiary/aromatic N) is 3. The second-order valence-corrected chi connectivity index (χ2v) is 11.5. The Morgan fingerprint density at radius 1 is 1.02 bits per heavy atom. The lowest BCUT2D eigenvalue weighted by Crippen LogP contribution is -2.49. The monoisotopic (exact) mass is 575 g/mol.